The summed E-state index contributed by atoms with van der Waals surface area (Å²) in [5.74, 6) is -0.237. The van der Waals surface area contributed by atoms with Gasteiger partial charge < -0.3 is 9.30 Å². The quantitative estimate of drug-likeness (QED) is 0.786. The van der Waals surface area contributed by atoms with Gasteiger partial charge in [-0.05, 0) is 37.8 Å². The van der Waals surface area contributed by atoms with Crippen LogP contribution in [0, 0.1) is 6.92 Å². The van der Waals surface area contributed by atoms with Crippen LogP contribution in [0.5, 0.6) is 0 Å². The first-order chi connectivity index (χ1) is 9.54. The Morgan fingerprint density at radius 3 is 2.85 bits per heavy atom. The molecule has 0 amide bonds. The highest BCUT2D eigenvalue weighted by Crippen LogP contribution is 2.38. The van der Waals surface area contributed by atoms with Crippen molar-refractivity contribution in [3.8, 4) is 11.3 Å². The van der Waals surface area contributed by atoms with E-state index in [9.17, 15) is 4.79 Å². The lowest BCUT2D eigenvalue weighted by Crippen LogP contribution is -2.13. The van der Waals surface area contributed by atoms with Gasteiger partial charge in [-0.25, -0.2) is 4.79 Å². The second kappa shape index (κ2) is 4.51. The van der Waals surface area contributed by atoms with Crippen molar-refractivity contribution < 1.29 is 9.53 Å². The number of carbonyl (C=O) groups excluding carboxylic acids is 1. The number of ether oxygens (including phenoxy) is 1. The van der Waals surface area contributed by atoms with Crippen molar-refractivity contribution in [1.29, 1.82) is 0 Å². The van der Waals surface area contributed by atoms with E-state index >= 15 is 0 Å². The van der Waals surface area contributed by atoms with Crippen LogP contribution in [-0.4, -0.2) is 26.9 Å². The van der Waals surface area contributed by atoms with Crippen molar-refractivity contribution in [2.45, 2.75) is 26.7 Å². The highest BCUT2D eigenvalue weighted by atomic mass is 16.5. The third kappa shape index (κ3) is 1.69. The summed E-state index contributed by atoms with van der Waals surface area (Å²) >= 11 is 0. The average molecular weight is 273 g/mol. The molecule has 0 unspecified atom stereocenters. The molecule has 5 nitrogen and oxygen atoms in total. The number of fused-ring (bicyclic) bond motifs is 3. The molecule has 5 heteroatoms. The summed E-state index contributed by atoms with van der Waals surface area (Å²) in [4.78, 5) is 12.2. The van der Waals surface area contributed by atoms with Crippen LogP contribution in [-0.2, 0) is 31.7 Å². The Bertz CT molecular complexity index is 695. The van der Waals surface area contributed by atoms with Gasteiger partial charge >= 0.3 is 5.97 Å². The van der Waals surface area contributed by atoms with Crippen molar-refractivity contribution in [3.05, 3.63) is 28.7 Å². The maximum Gasteiger partial charge on any atom is 0.355 e. The summed E-state index contributed by atoms with van der Waals surface area (Å²) in [5, 5.41) is 4.56. The van der Waals surface area contributed by atoms with Crippen molar-refractivity contribution >= 4 is 5.97 Å². The van der Waals surface area contributed by atoms with Gasteiger partial charge in [-0.3, -0.25) is 4.68 Å². The normalized spacial score (nSPS) is 13.0. The number of esters is 1. The minimum absolute atomic E-state index is 0.237. The minimum atomic E-state index is -0.237. The summed E-state index contributed by atoms with van der Waals surface area (Å²) < 4.78 is 8.98. The van der Waals surface area contributed by atoms with Gasteiger partial charge in [-0.15, -0.1) is 0 Å². The molecule has 0 radical (unpaired) electrons. The van der Waals surface area contributed by atoms with E-state index in [0.717, 1.165) is 35.4 Å². The van der Waals surface area contributed by atoms with Gasteiger partial charge in [0.2, 0.25) is 0 Å². The smallest absolute Gasteiger partial charge is 0.355 e. The predicted molar refractivity (Wildman–Crippen MR) is 75.7 cm³/mol. The fourth-order valence-electron chi connectivity index (χ4n) is 3.08. The molecule has 0 aromatic carbocycles. The van der Waals surface area contributed by atoms with Gasteiger partial charge in [0, 0.05) is 31.5 Å². The van der Waals surface area contributed by atoms with E-state index in [1.165, 1.54) is 5.56 Å². The number of carbonyl (C=O) groups is 1. The number of aryl methyl sites for hydroxylation is 2. The fourth-order valence-corrected chi connectivity index (χ4v) is 3.08. The highest BCUT2D eigenvalue weighted by molar-refractivity contribution is 5.94. The zero-order chi connectivity index (χ0) is 14.4. The van der Waals surface area contributed by atoms with E-state index < -0.39 is 0 Å². The van der Waals surface area contributed by atoms with E-state index in [2.05, 4.69) is 11.3 Å². The van der Waals surface area contributed by atoms with Crippen LogP contribution in [0.15, 0.2) is 6.20 Å². The molecule has 2 heterocycles. The maximum atomic E-state index is 12.2. The van der Waals surface area contributed by atoms with Crippen LogP contribution >= 0.6 is 0 Å². The standard InChI is InChI=1S/C15H19N3O2/c1-5-20-15(19)14-11-7-6-10-8-17(3)16-13(10)12(11)9(2)18(14)4/h8H,5-7H2,1-4H3. The monoisotopic (exact) mass is 273 g/mol. The van der Waals surface area contributed by atoms with Gasteiger partial charge in [0.25, 0.3) is 0 Å². The molecule has 1 aliphatic carbocycles. The molecule has 0 atom stereocenters. The Labute approximate surface area is 118 Å². The summed E-state index contributed by atoms with van der Waals surface area (Å²) in [7, 11) is 3.85. The number of aromatic nitrogens is 3. The molecule has 0 saturated carbocycles. The summed E-state index contributed by atoms with van der Waals surface area (Å²) in [6, 6.07) is 0. The minimum Gasteiger partial charge on any atom is -0.461 e. The summed E-state index contributed by atoms with van der Waals surface area (Å²) in [5.41, 5.74) is 6.20. The predicted octanol–water partition coefficient (Wildman–Crippen LogP) is 2.01. The highest BCUT2D eigenvalue weighted by Gasteiger charge is 2.30. The second-order valence-corrected chi connectivity index (χ2v) is 5.24. The largest absolute Gasteiger partial charge is 0.461 e. The molecule has 106 valence electrons. The van der Waals surface area contributed by atoms with Gasteiger partial charge in [-0.2, -0.15) is 5.10 Å². The third-order valence-electron chi connectivity index (χ3n) is 4.04. The number of rotatable bonds is 2. The number of hydrogen-bond acceptors (Lipinski definition) is 3. The number of nitrogens with zero attached hydrogens (tertiary/aromatic N) is 3. The van der Waals surface area contributed by atoms with E-state index in [4.69, 9.17) is 4.74 Å². The lowest BCUT2D eigenvalue weighted by Gasteiger charge is -2.12. The Kier molecular flexibility index (Phi) is 2.92. The Balaban J connectivity index is 2.22. The van der Waals surface area contributed by atoms with Crippen LogP contribution in [0.4, 0.5) is 0 Å². The first kappa shape index (κ1) is 13.0. The van der Waals surface area contributed by atoms with E-state index in [1.807, 2.05) is 37.2 Å². The van der Waals surface area contributed by atoms with Crippen molar-refractivity contribution in [3.63, 3.8) is 0 Å². The molecule has 3 rings (SSSR count). The zero-order valence-corrected chi connectivity index (χ0v) is 12.4. The van der Waals surface area contributed by atoms with E-state index in [1.54, 1.807) is 0 Å². The molecule has 0 spiro atoms. The molecule has 0 bridgehead atoms. The van der Waals surface area contributed by atoms with Crippen LogP contribution in [0.2, 0.25) is 0 Å². The van der Waals surface area contributed by atoms with Crippen LogP contribution in [0.25, 0.3) is 11.3 Å². The first-order valence-electron chi connectivity index (χ1n) is 6.92. The van der Waals surface area contributed by atoms with Crippen LogP contribution in [0.3, 0.4) is 0 Å². The molecule has 0 fully saturated rings. The molecule has 0 saturated heterocycles. The first-order valence-corrected chi connectivity index (χ1v) is 6.92. The molecule has 0 N–H and O–H groups in total. The molecular weight excluding hydrogens is 254 g/mol. The van der Waals surface area contributed by atoms with Gasteiger partial charge in [-0.1, -0.05) is 0 Å². The van der Waals surface area contributed by atoms with Crippen molar-refractivity contribution in [1.82, 2.24) is 14.3 Å². The fraction of sp³-hybridized carbons (Fsp3) is 0.467. The van der Waals surface area contributed by atoms with Gasteiger partial charge in [0.15, 0.2) is 0 Å². The molecule has 1 aliphatic rings. The topological polar surface area (TPSA) is 49.1 Å². The SMILES string of the molecule is CCOC(=O)c1c2c(c(C)n1C)-c1nn(C)cc1CC2. The molecule has 20 heavy (non-hydrogen) atoms. The lowest BCUT2D eigenvalue weighted by atomic mass is 9.91. The summed E-state index contributed by atoms with van der Waals surface area (Å²) in [6.45, 7) is 4.26. The molecule has 2 aromatic rings. The average Bonchev–Trinajstić information content (AvgIpc) is 2.88. The maximum absolute atomic E-state index is 12.2. The molecule has 2 aromatic heterocycles. The Hall–Kier alpha value is -2.04. The molecular formula is C15H19N3O2. The zero-order valence-electron chi connectivity index (χ0n) is 12.4. The second-order valence-electron chi connectivity index (χ2n) is 5.24. The Morgan fingerprint density at radius 2 is 2.15 bits per heavy atom. The van der Waals surface area contributed by atoms with Crippen molar-refractivity contribution in [2.75, 3.05) is 6.61 Å². The summed E-state index contributed by atoms with van der Waals surface area (Å²) in [6.07, 6.45) is 3.85. The number of hydrogen-bond donors (Lipinski definition) is 0. The lowest BCUT2D eigenvalue weighted by molar-refractivity contribution is 0.0513. The van der Waals surface area contributed by atoms with E-state index in [0.29, 0.717) is 12.3 Å². The van der Waals surface area contributed by atoms with E-state index in [-0.39, 0.29) is 5.97 Å². The van der Waals surface area contributed by atoms with Crippen molar-refractivity contribution in [2.24, 2.45) is 14.1 Å². The Morgan fingerprint density at radius 1 is 1.40 bits per heavy atom. The van der Waals surface area contributed by atoms with Gasteiger partial charge in [0.1, 0.15) is 5.69 Å². The third-order valence-corrected chi connectivity index (χ3v) is 4.04. The van der Waals surface area contributed by atoms with Gasteiger partial charge in [0.05, 0.1) is 12.3 Å². The van der Waals surface area contributed by atoms with Crippen LogP contribution in [0.1, 0.15) is 34.2 Å². The van der Waals surface area contributed by atoms with Crippen LogP contribution < -0.4 is 0 Å². The molecule has 0 aliphatic heterocycles.